The number of hydrogen-bond donors (Lipinski definition) is 0. The summed E-state index contributed by atoms with van der Waals surface area (Å²) < 4.78 is 10.4. The Balaban J connectivity index is 1.69. The van der Waals surface area contributed by atoms with Crippen LogP contribution in [0.3, 0.4) is 0 Å². The van der Waals surface area contributed by atoms with E-state index in [-0.39, 0.29) is 31.1 Å². The Morgan fingerprint density at radius 3 is 2.52 bits per heavy atom. The monoisotopic (exact) mass is 291 g/mol. The van der Waals surface area contributed by atoms with Crippen LogP contribution in [0, 0.1) is 0 Å². The van der Waals surface area contributed by atoms with Gasteiger partial charge in [-0.15, -0.1) is 0 Å². The van der Waals surface area contributed by atoms with Crippen LogP contribution < -0.4 is 0 Å². The molecule has 0 aromatic heterocycles. The van der Waals surface area contributed by atoms with E-state index in [1.165, 1.54) is 4.90 Å². The van der Waals surface area contributed by atoms with Crippen LogP contribution in [0.25, 0.3) is 0 Å². The normalized spacial score (nSPS) is 17.3. The summed E-state index contributed by atoms with van der Waals surface area (Å²) in [5.41, 5.74) is 0.434. The van der Waals surface area contributed by atoms with Crippen molar-refractivity contribution < 1.29 is 19.1 Å². The zero-order chi connectivity index (χ0) is 15.5. The summed E-state index contributed by atoms with van der Waals surface area (Å²) in [5.74, 6) is -0.296. The van der Waals surface area contributed by atoms with Gasteiger partial charge in [-0.1, -0.05) is 30.3 Å². The summed E-state index contributed by atoms with van der Waals surface area (Å²) in [5, 5.41) is 0. The fourth-order valence-electron chi connectivity index (χ4n) is 1.89. The minimum absolute atomic E-state index is 0.0943. The number of carbonyl (C=O) groups excluding carboxylic acids is 2. The van der Waals surface area contributed by atoms with Crippen molar-refractivity contribution in [3.05, 3.63) is 35.9 Å². The van der Waals surface area contributed by atoms with Crippen molar-refractivity contribution in [2.45, 2.75) is 45.4 Å². The number of benzene rings is 1. The van der Waals surface area contributed by atoms with Crippen molar-refractivity contribution in [2.75, 3.05) is 6.54 Å². The van der Waals surface area contributed by atoms with Gasteiger partial charge in [-0.3, -0.25) is 4.79 Å². The first kappa shape index (κ1) is 15.4. The molecule has 1 aliphatic heterocycles. The second kappa shape index (κ2) is 6.16. The molecule has 0 radical (unpaired) electrons. The predicted octanol–water partition coefficient (Wildman–Crippen LogP) is 2.74. The average Bonchev–Trinajstić information content (AvgIpc) is 3.15. The van der Waals surface area contributed by atoms with Gasteiger partial charge in [0.15, 0.2) is 0 Å². The van der Waals surface area contributed by atoms with Crippen molar-refractivity contribution in [3.8, 4) is 0 Å². The van der Waals surface area contributed by atoms with Crippen molar-refractivity contribution in [2.24, 2.45) is 0 Å². The lowest BCUT2D eigenvalue weighted by Crippen LogP contribution is -2.28. The highest BCUT2D eigenvalue weighted by molar-refractivity contribution is 5.76. The average molecular weight is 291 g/mol. The molecule has 1 heterocycles. The molecule has 1 fully saturated rings. The third-order valence-corrected chi connectivity index (χ3v) is 2.99. The van der Waals surface area contributed by atoms with Crippen LogP contribution in [0.4, 0.5) is 4.79 Å². The minimum atomic E-state index is -0.516. The molecule has 0 saturated carbocycles. The molecule has 0 N–H and O–H groups in total. The summed E-state index contributed by atoms with van der Waals surface area (Å²) in [6, 6.07) is 9.41. The van der Waals surface area contributed by atoms with Gasteiger partial charge in [0.05, 0.1) is 12.5 Å². The van der Waals surface area contributed by atoms with Crippen LogP contribution in [0.2, 0.25) is 0 Å². The Labute approximate surface area is 124 Å². The number of carbonyl (C=O) groups is 2. The highest BCUT2D eigenvalue weighted by Gasteiger charge is 2.42. The van der Waals surface area contributed by atoms with Gasteiger partial charge in [0, 0.05) is 6.54 Å². The van der Waals surface area contributed by atoms with E-state index in [1.54, 1.807) is 0 Å². The van der Waals surface area contributed by atoms with Crippen LogP contribution in [0.15, 0.2) is 30.3 Å². The van der Waals surface area contributed by atoms with Gasteiger partial charge in [-0.25, -0.2) is 4.79 Å². The molecule has 0 bridgehead atoms. The van der Waals surface area contributed by atoms with E-state index < -0.39 is 5.60 Å². The fourth-order valence-corrected chi connectivity index (χ4v) is 1.89. The Hall–Kier alpha value is -2.04. The third kappa shape index (κ3) is 5.10. The molecular weight excluding hydrogens is 270 g/mol. The van der Waals surface area contributed by atoms with Gasteiger partial charge in [-0.2, -0.15) is 0 Å². The van der Waals surface area contributed by atoms with Gasteiger partial charge < -0.3 is 14.4 Å². The Morgan fingerprint density at radius 2 is 1.90 bits per heavy atom. The highest BCUT2D eigenvalue weighted by Crippen LogP contribution is 2.24. The number of esters is 1. The zero-order valence-electron chi connectivity index (χ0n) is 12.7. The van der Waals surface area contributed by atoms with Gasteiger partial charge in [0.1, 0.15) is 12.2 Å². The maximum atomic E-state index is 11.7. The van der Waals surface area contributed by atoms with Gasteiger partial charge in [0.2, 0.25) is 0 Å². The number of rotatable bonds is 4. The zero-order valence-corrected chi connectivity index (χ0v) is 12.7. The van der Waals surface area contributed by atoms with E-state index in [0.717, 1.165) is 5.56 Å². The molecule has 1 saturated heterocycles. The molecule has 5 nitrogen and oxygen atoms in total. The number of nitrogens with zero attached hydrogens (tertiary/aromatic N) is 1. The third-order valence-electron chi connectivity index (χ3n) is 2.99. The standard InChI is InChI=1S/C16H21NO4/c1-16(2,3)21-15(19)17-10-13(17)9-14(18)20-11-12-7-5-4-6-8-12/h4-8,13H,9-11H2,1-3H3. The molecule has 5 heteroatoms. The SMILES string of the molecule is CC(C)(C)OC(=O)N1CC1CC(=O)OCc1ccccc1. The molecular formula is C16H21NO4. The quantitative estimate of drug-likeness (QED) is 0.632. The highest BCUT2D eigenvalue weighted by atomic mass is 16.6. The summed E-state index contributed by atoms with van der Waals surface area (Å²) in [6.07, 6.45) is -0.158. The lowest BCUT2D eigenvalue weighted by atomic mass is 10.2. The van der Waals surface area contributed by atoms with Crippen LogP contribution in [0.5, 0.6) is 0 Å². The molecule has 1 unspecified atom stereocenters. The first-order chi connectivity index (χ1) is 9.85. The molecule has 0 spiro atoms. The van der Waals surface area contributed by atoms with E-state index in [0.29, 0.717) is 6.54 Å². The summed E-state index contributed by atoms with van der Waals surface area (Å²) in [6.45, 7) is 6.26. The van der Waals surface area contributed by atoms with Crippen molar-refractivity contribution in [1.82, 2.24) is 4.90 Å². The number of ether oxygens (including phenoxy) is 2. The van der Waals surface area contributed by atoms with E-state index >= 15 is 0 Å². The van der Waals surface area contributed by atoms with Gasteiger partial charge in [0.25, 0.3) is 0 Å². The first-order valence-corrected chi connectivity index (χ1v) is 7.04. The van der Waals surface area contributed by atoms with E-state index in [9.17, 15) is 9.59 Å². The van der Waals surface area contributed by atoms with Gasteiger partial charge in [-0.05, 0) is 26.3 Å². The van der Waals surface area contributed by atoms with Crippen LogP contribution in [-0.2, 0) is 20.9 Å². The largest absolute Gasteiger partial charge is 0.461 e. The maximum absolute atomic E-state index is 11.7. The van der Waals surface area contributed by atoms with E-state index in [4.69, 9.17) is 9.47 Å². The molecule has 1 atom stereocenters. The lowest BCUT2D eigenvalue weighted by Gasteiger charge is -2.19. The molecule has 114 valence electrons. The smallest absolute Gasteiger partial charge is 0.410 e. The van der Waals surface area contributed by atoms with Crippen LogP contribution in [0.1, 0.15) is 32.8 Å². The second-order valence-corrected chi connectivity index (χ2v) is 6.14. The number of hydrogen-bond acceptors (Lipinski definition) is 4. The predicted molar refractivity (Wildman–Crippen MR) is 77.6 cm³/mol. The minimum Gasteiger partial charge on any atom is -0.461 e. The Morgan fingerprint density at radius 1 is 1.24 bits per heavy atom. The van der Waals surface area contributed by atoms with Crippen LogP contribution in [-0.4, -0.2) is 35.2 Å². The second-order valence-electron chi connectivity index (χ2n) is 6.14. The Kier molecular flexibility index (Phi) is 4.50. The summed E-state index contributed by atoms with van der Waals surface area (Å²) >= 11 is 0. The topological polar surface area (TPSA) is 55.6 Å². The fraction of sp³-hybridized carbons (Fsp3) is 0.500. The van der Waals surface area contributed by atoms with Gasteiger partial charge >= 0.3 is 12.1 Å². The molecule has 21 heavy (non-hydrogen) atoms. The maximum Gasteiger partial charge on any atom is 0.410 e. The van der Waals surface area contributed by atoms with E-state index in [1.807, 2.05) is 51.1 Å². The molecule has 1 aliphatic rings. The lowest BCUT2D eigenvalue weighted by molar-refractivity contribution is -0.145. The van der Waals surface area contributed by atoms with Crippen molar-refractivity contribution in [1.29, 1.82) is 0 Å². The summed E-state index contributed by atoms with van der Waals surface area (Å²) in [7, 11) is 0. The van der Waals surface area contributed by atoms with Crippen molar-refractivity contribution >= 4 is 12.1 Å². The molecule has 0 aliphatic carbocycles. The molecule has 1 aromatic carbocycles. The molecule has 1 aromatic rings. The van der Waals surface area contributed by atoms with E-state index in [2.05, 4.69) is 0 Å². The molecule has 1 amide bonds. The van der Waals surface area contributed by atoms with Crippen LogP contribution >= 0.6 is 0 Å². The summed E-state index contributed by atoms with van der Waals surface area (Å²) in [4.78, 5) is 25.0. The first-order valence-electron chi connectivity index (χ1n) is 7.04. The molecule has 2 rings (SSSR count). The Bertz CT molecular complexity index is 507. The number of amides is 1. The van der Waals surface area contributed by atoms with Crippen molar-refractivity contribution in [3.63, 3.8) is 0 Å².